The summed E-state index contributed by atoms with van der Waals surface area (Å²) in [6.07, 6.45) is 1.87. The Morgan fingerprint density at radius 3 is 2.93 bits per heavy atom. The lowest BCUT2D eigenvalue weighted by atomic mass is 10.2. The van der Waals surface area contributed by atoms with E-state index in [4.69, 9.17) is 0 Å². The zero-order valence-electron chi connectivity index (χ0n) is 9.49. The molecule has 2 rings (SSSR count). The second-order valence-electron chi connectivity index (χ2n) is 3.77. The Bertz CT molecular complexity index is 342. The summed E-state index contributed by atoms with van der Waals surface area (Å²) < 4.78 is 0. The number of aliphatic imine (C=N–C) groups is 2. The van der Waals surface area contributed by atoms with Gasteiger partial charge in [0.05, 0.1) is 25.0 Å². The molecule has 2 aliphatic rings. The molecule has 5 nitrogen and oxygen atoms in total. The molecule has 0 saturated heterocycles. The van der Waals surface area contributed by atoms with Gasteiger partial charge in [0.15, 0.2) is 0 Å². The average Bonchev–Trinajstić information content (AvgIpc) is 2.39. The zero-order valence-corrected chi connectivity index (χ0v) is 9.49. The van der Waals surface area contributed by atoms with E-state index in [2.05, 4.69) is 32.1 Å². The maximum absolute atomic E-state index is 4.52. The minimum absolute atomic E-state index is 0.712. The molecular formula is C10H17N5. The van der Waals surface area contributed by atoms with E-state index in [1.54, 1.807) is 0 Å². The van der Waals surface area contributed by atoms with Gasteiger partial charge in [0.2, 0.25) is 0 Å². The second kappa shape index (κ2) is 3.92. The van der Waals surface area contributed by atoms with Crippen LogP contribution in [0.1, 0.15) is 0 Å². The molecule has 0 aromatic heterocycles. The largest absolute Gasteiger partial charge is 0.373 e. The molecule has 82 valence electrons. The summed E-state index contributed by atoms with van der Waals surface area (Å²) in [6, 6.07) is 0. The van der Waals surface area contributed by atoms with Gasteiger partial charge >= 0.3 is 0 Å². The normalized spacial score (nSPS) is 21.1. The lowest BCUT2D eigenvalue weighted by Crippen LogP contribution is -2.36. The van der Waals surface area contributed by atoms with E-state index >= 15 is 0 Å². The van der Waals surface area contributed by atoms with E-state index in [1.807, 2.05) is 20.4 Å². The molecule has 0 fully saturated rings. The molecule has 2 heterocycles. The monoisotopic (exact) mass is 207 g/mol. The van der Waals surface area contributed by atoms with Gasteiger partial charge in [-0.15, -0.1) is 0 Å². The van der Waals surface area contributed by atoms with Crippen LogP contribution in [0, 0.1) is 0 Å². The molecule has 0 amide bonds. The minimum Gasteiger partial charge on any atom is -0.373 e. The van der Waals surface area contributed by atoms with Crippen LogP contribution in [0.5, 0.6) is 0 Å². The van der Waals surface area contributed by atoms with Crippen molar-refractivity contribution in [3.63, 3.8) is 0 Å². The van der Waals surface area contributed by atoms with Crippen LogP contribution in [0.2, 0.25) is 0 Å². The molecular weight excluding hydrogens is 190 g/mol. The molecule has 15 heavy (non-hydrogen) atoms. The number of nitrogens with zero attached hydrogens (tertiary/aromatic N) is 4. The number of nitrogens with one attached hydrogen (secondary N) is 1. The molecule has 0 aliphatic carbocycles. The van der Waals surface area contributed by atoms with Crippen LogP contribution in [-0.2, 0) is 0 Å². The third kappa shape index (κ3) is 1.69. The van der Waals surface area contributed by atoms with Crippen molar-refractivity contribution in [2.45, 2.75) is 0 Å². The Balaban J connectivity index is 2.42. The molecule has 0 atom stereocenters. The molecule has 0 aromatic carbocycles. The van der Waals surface area contributed by atoms with Gasteiger partial charge in [-0.25, -0.2) is 0 Å². The Kier molecular flexibility index (Phi) is 2.62. The first kappa shape index (κ1) is 10.0. The van der Waals surface area contributed by atoms with Gasteiger partial charge in [0.1, 0.15) is 11.7 Å². The van der Waals surface area contributed by atoms with E-state index in [1.165, 1.54) is 11.4 Å². The van der Waals surface area contributed by atoms with Crippen LogP contribution in [0.15, 0.2) is 21.4 Å². The Morgan fingerprint density at radius 2 is 2.20 bits per heavy atom. The van der Waals surface area contributed by atoms with Gasteiger partial charge in [-0.1, -0.05) is 0 Å². The van der Waals surface area contributed by atoms with E-state index in [0.29, 0.717) is 6.54 Å². The van der Waals surface area contributed by atoms with Gasteiger partial charge in [0, 0.05) is 27.7 Å². The molecule has 0 aromatic rings. The topological polar surface area (TPSA) is 43.2 Å². The van der Waals surface area contributed by atoms with Crippen LogP contribution in [0.3, 0.4) is 0 Å². The van der Waals surface area contributed by atoms with Crippen molar-refractivity contribution in [3.05, 3.63) is 11.4 Å². The van der Waals surface area contributed by atoms with Crippen LogP contribution in [0.4, 0.5) is 0 Å². The first-order valence-electron chi connectivity index (χ1n) is 5.13. The van der Waals surface area contributed by atoms with Gasteiger partial charge in [-0.05, 0) is 0 Å². The zero-order chi connectivity index (χ0) is 10.8. The third-order valence-corrected chi connectivity index (χ3v) is 2.70. The van der Waals surface area contributed by atoms with E-state index < -0.39 is 0 Å². The lowest BCUT2D eigenvalue weighted by Gasteiger charge is -2.31. The standard InChI is InChI=1S/C10H17N5/c1-11-9-8-6-12-7-15(3)10(8)14(2)5-4-13-9/h7H,4-6H2,1-3H3,(H,11,13). The quantitative estimate of drug-likeness (QED) is 0.595. The molecule has 0 spiro atoms. The van der Waals surface area contributed by atoms with Crippen LogP contribution < -0.4 is 5.32 Å². The van der Waals surface area contributed by atoms with Crippen molar-refractivity contribution >= 4 is 12.2 Å². The summed E-state index contributed by atoms with van der Waals surface area (Å²) in [6.45, 7) is 2.49. The van der Waals surface area contributed by atoms with Gasteiger partial charge in [-0.2, -0.15) is 0 Å². The van der Waals surface area contributed by atoms with Gasteiger partial charge < -0.3 is 15.1 Å². The highest BCUT2D eigenvalue weighted by Crippen LogP contribution is 2.18. The first-order valence-corrected chi connectivity index (χ1v) is 5.13. The highest BCUT2D eigenvalue weighted by atomic mass is 15.3. The smallest absolute Gasteiger partial charge is 0.129 e. The molecule has 2 aliphatic heterocycles. The molecule has 0 saturated carbocycles. The fourth-order valence-electron chi connectivity index (χ4n) is 2.02. The average molecular weight is 207 g/mol. The summed E-state index contributed by atoms with van der Waals surface area (Å²) in [7, 11) is 6.03. The van der Waals surface area contributed by atoms with Crippen molar-refractivity contribution in [2.75, 3.05) is 40.8 Å². The summed E-state index contributed by atoms with van der Waals surface area (Å²) >= 11 is 0. The van der Waals surface area contributed by atoms with Gasteiger partial charge in [0.25, 0.3) is 0 Å². The van der Waals surface area contributed by atoms with Crippen molar-refractivity contribution in [1.82, 2.24) is 15.1 Å². The maximum Gasteiger partial charge on any atom is 0.129 e. The highest BCUT2D eigenvalue weighted by molar-refractivity contribution is 6.00. The Hall–Kier alpha value is -1.52. The Morgan fingerprint density at radius 1 is 1.40 bits per heavy atom. The first-order chi connectivity index (χ1) is 7.24. The third-order valence-electron chi connectivity index (χ3n) is 2.70. The second-order valence-corrected chi connectivity index (χ2v) is 3.77. The van der Waals surface area contributed by atoms with Crippen molar-refractivity contribution in [1.29, 1.82) is 0 Å². The number of hydrogen-bond donors (Lipinski definition) is 1. The molecule has 0 bridgehead atoms. The minimum atomic E-state index is 0.712. The lowest BCUT2D eigenvalue weighted by molar-refractivity contribution is 0.340. The predicted octanol–water partition coefficient (Wildman–Crippen LogP) is -0.265. The number of hydrogen-bond acceptors (Lipinski definition) is 5. The van der Waals surface area contributed by atoms with E-state index in [9.17, 15) is 0 Å². The van der Waals surface area contributed by atoms with Crippen molar-refractivity contribution < 1.29 is 0 Å². The predicted molar refractivity (Wildman–Crippen MR) is 62.1 cm³/mol. The van der Waals surface area contributed by atoms with Crippen molar-refractivity contribution in [2.24, 2.45) is 9.98 Å². The number of rotatable bonds is 0. The Labute approximate surface area is 90.2 Å². The van der Waals surface area contributed by atoms with Gasteiger partial charge in [-0.3, -0.25) is 9.98 Å². The van der Waals surface area contributed by atoms with E-state index in [-0.39, 0.29) is 0 Å². The number of amidine groups is 1. The van der Waals surface area contributed by atoms with Crippen LogP contribution >= 0.6 is 0 Å². The highest BCUT2D eigenvalue weighted by Gasteiger charge is 2.23. The summed E-state index contributed by atoms with van der Waals surface area (Å²) in [5.41, 5.74) is 1.18. The number of likely N-dealkylation sites (N-methyl/N-ethyl adjacent to an activating group) is 2. The van der Waals surface area contributed by atoms with E-state index in [0.717, 1.165) is 18.9 Å². The van der Waals surface area contributed by atoms with Crippen molar-refractivity contribution in [3.8, 4) is 0 Å². The summed E-state index contributed by atoms with van der Waals surface area (Å²) in [4.78, 5) is 13.1. The molecule has 5 heteroatoms. The van der Waals surface area contributed by atoms with Crippen LogP contribution in [-0.4, -0.2) is 62.8 Å². The van der Waals surface area contributed by atoms with Crippen LogP contribution in [0.25, 0.3) is 0 Å². The summed E-state index contributed by atoms with van der Waals surface area (Å²) in [5.74, 6) is 2.17. The SMILES string of the molecule is CNC1=NCCN(C)C2=C1CN=CN2C. The summed E-state index contributed by atoms with van der Waals surface area (Å²) in [5, 5.41) is 3.15. The molecule has 0 radical (unpaired) electrons. The fraction of sp³-hybridized carbons (Fsp3) is 0.600. The molecule has 0 unspecified atom stereocenters. The fourth-order valence-corrected chi connectivity index (χ4v) is 2.02. The molecule has 1 N–H and O–H groups in total. The maximum atomic E-state index is 4.52.